The maximum Gasteiger partial charge on any atom is 0.181 e. The summed E-state index contributed by atoms with van der Waals surface area (Å²) in [5, 5.41) is 0.580. The lowest BCUT2D eigenvalue weighted by atomic mass is 9.87. The quantitative estimate of drug-likeness (QED) is 0.682. The minimum atomic E-state index is -3.36. The standard InChI is InChI=1S/C20H24Cl2N2O2S/c1-20(2,3)14-4-6-15(7-5-14)27(25,26)16-8-10-24(11-9-16)19-17(21)12-23-13-18(19)22/h4-7,12-13,16H,8-11H2,1-3H3. The highest BCUT2D eigenvalue weighted by atomic mass is 35.5. The second-order valence-corrected chi connectivity index (χ2v) is 11.0. The Morgan fingerprint density at radius 1 is 1.00 bits per heavy atom. The molecule has 0 bridgehead atoms. The molecule has 1 aliphatic heterocycles. The third-order valence-corrected chi connectivity index (χ3v) is 7.91. The molecule has 1 aromatic heterocycles. The highest BCUT2D eigenvalue weighted by Crippen LogP contribution is 2.36. The molecule has 7 heteroatoms. The van der Waals surface area contributed by atoms with Crippen LogP contribution in [0.25, 0.3) is 0 Å². The van der Waals surface area contributed by atoms with Gasteiger partial charge in [0.25, 0.3) is 0 Å². The fraction of sp³-hybridized carbons (Fsp3) is 0.450. The van der Waals surface area contributed by atoms with Gasteiger partial charge in [-0.15, -0.1) is 0 Å². The van der Waals surface area contributed by atoms with Gasteiger partial charge in [-0.1, -0.05) is 56.1 Å². The van der Waals surface area contributed by atoms with E-state index >= 15 is 0 Å². The first kappa shape index (κ1) is 20.4. The maximum atomic E-state index is 13.0. The molecule has 0 saturated carbocycles. The van der Waals surface area contributed by atoms with E-state index in [1.807, 2.05) is 17.0 Å². The predicted molar refractivity (Wildman–Crippen MR) is 112 cm³/mol. The molecule has 4 nitrogen and oxygen atoms in total. The van der Waals surface area contributed by atoms with Gasteiger partial charge in [0.1, 0.15) is 0 Å². The Morgan fingerprint density at radius 3 is 2.00 bits per heavy atom. The van der Waals surface area contributed by atoms with Crippen molar-refractivity contribution in [3.63, 3.8) is 0 Å². The van der Waals surface area contributed by atoms with Crippen molar-refractivity contribution >= 4 is 38.7 Å². The van der Waals surface area contributed by atoms with Gasteiger partial charge in [-0.2, -0.15) is 0 Å². The van der Waals surface area contributed by atoms with Gasteiger partial charge in [0, 0.05) is 25.5 Å². The van der Waals surface area contributed by atoms with Gasteiger partial charge in [0.05, 0.1) is 25.9 Å². The van der Waals surface area contributed by atoms with Gasteiger partial charge in [0.2, 0.25) is 0 Å². The van der Waals surface area contributed by atoms with Crippen molar-refractivity contribution in [3.8, 4) is 0 Å². The Balaban J connectivity index is 1.75. The van der Waals surface area contributed by atoms with Crippen molar-refractivity contribution in [2.75, 3.05) is 18.0 Å². The van der Waals surface area contributed by atoms with Crippen LogP contribution in [0.2, 0.25) is 10.0 Å². The largest absolute Gasteiger partial charge is 0.369 e. The molecule has 1 saturated heterocycles. The van der Waals surface area contributed by atoms with Crippen LogP contribution in [-0.4, -0.2) is 31.7 Å². The topological polar surface area (TPSA) is 50.3 Å². The zero-order chi connectivity index (χ0) is 19.8. The van der Waals surface area contributed by atoms with Crippen LogP contribution in [0.5, 0.6) is 0 Å². The summed E-state index contributed by atoms with van der Waals surface area (Å²) in [6.45, 7) is 7.52. The lowest BCUT2D eigenvalue weighted by Gasteiger charge is -2.34. The number of rotatable bonds is 3. The maximum absolute atomic E-state index is 13.0. The summed E-state index contributed by atoms with van der Waals surface area (Å²) in [4.78, 5) is 6.41. The van der Waals surface area contributed by atoms with Gasteiger partial charge >= 0.3 is 0 Å². The fourth-order valence-electron chi connectivity index (χ4n) is 3.43. The van der Waals surface area contributed by atoms with Crippen LogP contribution in [0.15, 0.2) is 41.6 Å². The van der Waals surface area contributed by atoms with Crippen LogP contribution in [0, 0.1) is 0 Å². The molecule has 146 valence electrons. The van der Waals surface area contributed by atoms with Gasteiger partial charge in [0.15, 0.2) is 9.84 Å². The summed E-state index contributed by atoms with van der Waals surface area (Å²) in [5.74, 6) is 0. The summed E-state index contributed by atoms with van der Waals surface area (Å²) >= 11 is 12.5. The van der Waals surface area contributed by atoms with Crippen LogP contribution in [-0.2, 0) is 15.3 Å². The SMILES string of the molecule is CC(C)(C)c1ccc(S(=O)(=O)C2CCN(c3c(Cl)cncc3Cl)CC2)cc1. The highest BCUT2D eigenvalue weighted by Gasteiger charge is 2.32. The van der Waals surface area contributed by atoms with E-state index in [-0.39, 0.29) is 5.41 Å². The number of anilines is 1. The molecule has 3 rings (SSSR count). The number of benzene rings is 1. The van der Waals surface area contributed by atoms with Crippen LogP contribution in [0.3, 0.4) is 0 Å². The average Bonchev–Trinajstić information content (AvgIpc) is 2.61. The highest BCUT2D eigenvalue weighted by molar-refractivity contribution is 7.92. The summed E-state index contributed by atoms with van der Waals surface area (Å²) in [6.07, 6.45) is 4.20. The predicted octanol–water partition coefficient (Wildman–Crippen LogP) is 5.13. The number of hydrogen-bond acceptors (Lipinski definition) is 4. The first-order valence-electron chi connectivity index (χ1n) is 8.99. The number of nitrogens with zero attached hydrogens (tertiary/aromatic N) is 2. The Morgan fingerprint density at radius 2 is 1.52 bits per heavy atom. The Labute approximate surface area is 171 Å². The molecule has 0 unspecified atom stereocenters. The van der Waals surface area contributed by atoms with E-state index in [9.17, 15) is 8.42 Å². The third kappa shape index (κ3) is 4.25. The van der Waals surface area contributed by atoms with Gasteiger partial charge < -0.3 is 4.90 Å². The molecule has 2 heterocycles. The number of sulfone groups is 1. The average molecular weight is 427 g/mol. The van der Waals surface area contributed by atoms with Crippen molar-refractivity contribution in [3.05, 3.63) is 52.3 Å². The number of aromatic nitrogens is 1. The molecular formula is C20H24Cl2N2O2S. The van der Waals surface area contributed by atoms with E-state index in [1.165, 1.54) is 0 Å². The molecule has 1 fully saturated rings. The van der Waals surface area contributed by atoms with Crippen molar-refractivity contribution in [2.24, 2.45) is 0 Å². The second-order valence-electron chi connectivity index (χ2n) is 7.96. The monoisotopic (exact) mass is 426 g/mol. The minimum absolute atomic E-state index is 0.00326. The molecule has 0 radical (unpaired) electrons. The summed E-state index contributed by atoms with van der Waals surface area (Å²) < 4.78 is 26.1. The number of piperidine rings is 1. The van der Waals surface area contributed by atoms with Crippen LogP contribution >= 0.6 is 23.2 Å². The van der Waals surface area contributed by atoms with Crippen LogP contribution in [0.1, 0.15) is 39.2 Å². The van der Waals surface area contributed by atoms with E-state index in [0.717, 1.165) is 11.3 Å². The second kappa shape index (κ2) is 7.61. The molecule has 2 aromatic rings. The molecule has 0 amide bonds. The molecule has 1 aromatic carbocycles. The Kier molecular flexibility index (Phi) is 5.76. The first-order valence-corrected chi connectivity index (χ1v) is 11.3. The van der Waals surface area contributed by atoms with Crippen molar-refractivity contribution in [1.29, 1.82) is 0 Å². The van der Waals surface area contributed by atoms with E-state index in [2.05, 4.69) is 25.8 Å². The molecule has 0 aliphatic carbocycles. The minimum Gasteiger partial charge on any atom is -0.369 e. The number of hydrogen-bond donors (Lipinski definition) is 0. The lowest BCUT2D eigenvalue weighted by Crippen LogP contribution is -2.39. The molecular weight excluding hydrogens is 403 g/mol. The zero-order valence-corrected chi connectivity index (χ0v) is 18.1. The van der Waals surface area contributed by atoms with E-state index in [4.69, 9.17) is 23.2 Å². The van der Waals surface area contributed by atoms with E-state index in [0.29, 0.717) is 40.9 Å². The summed E-state index contributed by atoms with van der Waals surface area (Å²) in [6, 6.07) is 7.30. The van der Waals surface area contributed by atoms with Crippen molar-refractivity contribution in [2.45, 2.75) is 49.2 Å². The number of halogens is 2. The molecule has 0 atom stereocenters. The Hall–Kier alpha value is -1.30. The smallest absolute Gasteiger partial charge is 0.181 e. The molecule has 0 spiro atoms. The fourth-order valence-corrected chi connectivity index (χ4v) is 5.77. The van der Waals surface area contributed by atoms with Crippen LogP contribution < -0.4 is 4.90 Å². The molecule has 0 N–H and O–H groups in total. The lowest BCUT2D eigenvalue weighted by molar-refractivity contribution is 0.529. The van der Waals surface area contributed by atoms with Gasteiger partial charge in [-0.25, -0.2) is 8.42 Å². The third-order valence-electron chi connectivity index (χ3n) is 5.07. The van der Waals surface area contributed by atoms with Gasteiger partial charge in [-0.3, -0.25) is 4.98 Å². The first-order chi connectivity index (χ1) is 12.6. The molecule has 1 aliphatic rings. The van der Waals surface area contributed by atoms with Crippen molar-refractivity contribution in [1.82, 2.24) is 4.98 Å². The number of pyridine rings is 1. The normalized spacial score (nSPS) is 16.6. The van der Waals surface area contributed by atoms with Crippen LogP contribution in [0.4, 0.5) is 5.69 Å². The summed E-state index contributed by atoms with van der Waals surface area (Å²) in [7, 11) is -3.36. The van der Waals surface area contributed by atoms with E-state index in [1.54, 1.807) is 24.5 Å². The van der Waals surface area contributed by atoms with Gasteiger partial charge in [-0.05, 0) is 36.0 Å². The molecule has 27 heavy (non-hydrogen) atoms. The van der Waals surface area contributed by atoms with Crippen molar-refractivity contribution < 1.29 is 8.42 Å². The Bertz CT molecular complexity index is 894. The summed E-state index contributed by atoms with van der Waals surface area (Å²) in [5.41, 5.74) is 1.86. The zero-order valence-electron chi connectivity index (χ0n) is 15.7. The van der Waals surface area contributed by atoms with E-state index < -0.39 is 15.1 Å².